The summed E-state index contributed by atoms with van der Waals surface area (Å²) in [6.45, 7) is 4.49. The van der Waals surface area contributed by atoms with E-state index < -0.39 is 6.10 Å². The van der Waals surface area contributed by atoms with Crippen LogP contribution in [0.1, 0.15) is 78.9 Å². The first kappa shape index (κ1) is 34.7. The van der Waals surface area contributed by atoms with E-state index in [1.165, 1.54) is 26.7 Å². The van der Waals surface area contributed by atoms with Crippen molar-refractivity contribution in [2.75, 3.05) is 33.2 Å². The van der Waals surface area contributed by atoms with Crippen molar-refractivity contribution in [2.24, 2.45) is 0 Å². The zero-order valence-corrected chi connectivity index (χ0v) is 25.6. The van der Waals surface area contributed by atoms with Crippen LogP contribution in [-0.4, -0.2) is 48.1 Å². The fraction of sp³-hybridized carbons (Fsp3) is 0.263. The highest BCUT2D eigenvalue weighted by Crippen LogP contribution is 2.42. The number of rotatable bonds is 1. The first-order valence-corrected chi connectivity index (χ1v) is 15.3. The minimum Gasteiger partial charge on any atom is -0.384 e. The quantitative estimate of drug-likeness (QED) is 0.214. The molecule has 0 spiro atoms. The predicted octanol–water partition coefficient (Wildman–Crippen LogP) is 10.1. The van der Waals surface area contributed by atoms with Gasteiger partial charge in [-0.2, -0.15) is 0 Å². The minimum absolute atomic E-state index is 0. The maximum atomic E-state index is 10.5. The molecule has 1 saturated heterocycles. The summed E-state index contributed by atoms with van der Waals surface area (Å²) in [5, 5.41) is 10.5. The molecule has 0 radical (unpaired) electrons. The Morgan fingerprint density at radius 1 is 0.558 bits per heavy atom. The molecule has 0 aromatic heterocycles. The zero-order chi connectivity index (χ0) is 27.6. The standard InChI is InChI=1S/C20H21BrN2.C15H11BrO.3CH4/c1-22-10-12-23(13-11-22)20-16-7-3-2-6-15(16)14-19(21)17-8-4-5-9-18(17)20;16-14-9-10-5-1-2-6-11(10)15(17)13-8-4-3-7-12(13)14;;;/h2-9,14,20H,10-13H2,1H3;1-9,15,17H;3*1H4. The number of nitrogens with zero attached hydrogens (tertiary/aromatic N) is 2. The third-order valence-corrected chi connectivity index (χ3v) is 9.39. The maximum absolute atomic E-state index is 10.5. The van der Waals surface area contributed by atoms with E-state index in [1.807, 2.05) is 48.5 Å². The lowest BCUT2D eigenvalue weighted by molar-refractivity contribution is 0.127. The first-order chi connectivity index (χ1) is 19.5. The van der Waals surface area contributed by atoms with Gasteiger partial charge in [0.15, 0.2) is 0 Å². The molecule has 5 heteroatoms. The van der Waals surface area contributed by atoms with Gasteiger partial charge in [0.05, 0.1) is 6.04 Å². The number of hydrogen-bond acceptors (Lipinski definition) is 3. The van der Waals surface area contributed by atoms with Gasteiger partial charge in [0.25, 0.3) is 0 Å². The molecule has 2 unspecified atom stereocenters. The highest BCUT2D eigenvalue weighted by Gasteiger charge is 2.30. The molecule has 3 aliphatic rings. The summed E-state index contributed by atoms with van der Waals surface area (Å²) in [7, 11) is 2.21. The molecule has 0 saturated carbocycles. The van der Waals surface area contributed by atoms with Crippen molar-refractivity contribution in [2.45, 2.75) is 34.4 Å². The lowest BCUT2D eigenvalue weighted by Crippen LogP contribution is -2.46. The van der Waals surface area contributed by atoms with Crippen molar-refractivity contribution >= 4 is 53.0 Å². The van der Waals surface area contributed by atoms with E-state index in [0.717, 1.165) is 52.9 Å². The molecule has 0 amide bonds. The van der Waals surface area contributed by atoms with Crippen molar-refractivity contribution < 1.29 is 5.11 Å². The number of hydrogen-bond donors (Lipinski definition) is 1. The molecule has 1 aliphatic heterocycles. The van der Waals surface area contributed by atoms with Crippen LogP contribution in [0.2, 0.25) is 0 Å². The van der Waals surface area contributed by atoms with Crippen LogP contribution >= 0.6 is 31.9 Å². The number of halogens is 2. The van der Waals surface area contributed by atoms with Crippen LogP contribution in [-0.2, 0) is 0 Å². The predicted molar refractivity (Wildman–Crippen MR) is 195 cm³/mol. The Bertz CT molecular complexity index is 1590. The number of likely N-dealkylation sites (N-methyl/N-ethyl adjacent to an activating group) is 1. The summed E-state index contributed by atoms with van der Waals surface area (Å²) in [4.78, 5) is 5.05. The second-order valence-electron chi connectivity index (χ2n) is 10.6. The summed E-state index contributed by atoms with van der Waals surface area (Å²) in [6.07, 6.45) is 3.77. The van der Waals surface area contributed by atoms with E-state index in [1.54, 1.807) is 0 Å². The topological polar surface area (TPSA) is 26.7 Å². The van der Waals surface area contributed by atoms with E-state index in [-0.39, 0.29) is 22.3 Å². The Hall–Kier alpha value is -2.80. The van der Waals surface area contributed by atoms with Crippen molar-refractivity contribution in [1.82, 2.24) is 9.80 Å². The molecule has 4 aromatic carbocycles. The van der Waals surface area contributed by atoms with Crippen LogP contribution in [0.15, 0.2) is 97.1 Å². The van der Waals surface area contributed by atoms with E-state index in [4.69, 9.17) is 0 Å². The highest BCUT2D eigenvalue weighted by atomic mass is 79.9. The number of aliphatic hydroxyl groups is 1. The van der Waals surface area contributed by atoms with Crippen molar-refractivity contribution in [3.63, 3.8) is 0 Å². The number of fused-ring (bicyclic) bond motifs is 4. The smallest absolute Gasteiger partial charge is 0.105 e. The second kappa shape index (κ2) is 15.3. The summed E-state index contributed by atoms with van der Waals surface area (Å²) >= 11 is 7.39. The second-order valence-corrected chi connectivity index (χ2v) is 12.3. The Morgan fingerprint density at radius 2 is 0.977 bits per heavy atom. The fourth-order valence-corrected chi connectivity index (χ4v) is 7.14. The van der Waals surface area contributed by atoms with Crippen LogP contribution in [0.25, 0.3) is 21.1 Å². The third-order valence-electron chi connectivity index (χ3n) is 8.07. The van der Waals surface area contributed by atoms with Crippen LogP contribution in [0, 0.1) is 0 Å². The van der Waals surface area contributed by atoms with Crippen molar-refractivity contribution in [1.29, 1.82) is 0 Å². The average Bonchev–Trinajstić information content (AvgIpc) is 3.18. The minimum atomic E-state index is -0.561. The fourth-order valence-electron chi connectivity index (χ4n) is 5.93. The molecule has 3 nitrogen and oxygen atoms in total. The van der Waals surface area contributed by atoms with E-state index in [9.17, 15) is 5.11 Å². The molecule has 43 heavy (non-hydrogen) atoms. The zero-order valence-electron chi connectivity index (χ0n) is 22.5. The Morgan fingerprint density at radius 3 is 1.56 bits per heavy atom. The molecular weight excluding hydrogens is 660 g/mol. The first-order valence-electron chi connectivity index (χ1n) is 13.7. The normalized spacial score (nSPS) is 18.8. The van der Waals surface area contributed by atoms with E-state index in [0.29, 0.717) is 6.04 Å². The van der Waals surface area contributed by atoms with Gasteiger partial charge in [-0.15, -0.1) is 0 Å². The summed E-state index contributed by atoms with van der Waals surface area (Å²) in [5.41, 5.74) is 9.46. The lowest BCUT2D eigenvalue weighted by Gasteiger charge is -2.39. The number of benzene rings is 4. The largest absolute Gasteiger partial charge is 0.384 e. The Balaban J connectivity index is 0.000000228. The van der Waals surface area contributed by atoms with Gasteiger partial charge in [-0.1, -0.05) is 151 Å². The van der Waals surface area contributed by atoms with Gasteiger partial charge in [0, 0.05) is 35.1 Å². The van der Waals surface area contributed by atoms with Crippen LogP contribution in [0.4, 0.5) is 0 Å². The molecule has 2 aliphatic carbocycles. The van der Waals surface area contributed by atoms with Gasteiger partial charge >= 0.3 is 0 Å². The van der Waals surface area contributed by atoms with Gasteiger partial charge in [0.2, 0.25) is 0 Å². The van der Waals surface area contributed by atoms with Crippen LogP contribution in [0.5, 0.6) is 0 Å². The van der Waals surface area contributed by atoms with Crippen molar-refractivity contribution in [3.8, 4) is 0 Å². The van der Waals surface area contributed by atoms with Gasteiger partial charge in [-0.05, 0) is 63.7 Å². The van der Waals surface area contributed by atoms with Gasteiger partial charge in [-0.25, -0.2) is 0 Å². The van der Waals surface area contributed by atoms with Gasteiger partial charge in [-0.3, -0.25) is 4.90 Å². The summed E-state index contributed by atoms with van der Waals surface area (Å²) in [5.74, 6) is 0. The summed E-state index contributed by atoms with van der Waals surface area (Å²) in [6, 6.07) is 33.8. The third kappa shape index (κ3) is 7.13. The highest BCUT2D eigenvalue weighted by molar-refractivity contribution is 9.15. The molecule has 4 aromatic rings. The molecular formula is C38H44Br2N2O. The summed E-state index contributed by atoms with van der Waals surface area (Å²) < 4.78 is 2.19. The Kier molecular flexibility index (Phi) is 12.3. The van der Waals surface area contributed by atoms with Gasteiger partial charge < -0.3 is 10.0 Å². The van der Waals surface area contributed by atoms with Crippen molar-refractivity contribution in [3.05, 3.63) is 142 Å². The maximum Gasteiger partial charge on any atom is 0.105 e. The van der Waals surface area contributed by atoms with Gasteiger partial charge in [0.1, 0.15) is 6.10 Å². The average molecular weight is 705 g/mol. The SMILES string of the molecule is C.C.C.CN1CCN(C2c3ccccc3C=C(Br)c3ccccc32)CC1.OC1c2ccccc2C=C(Br)c2ccccc21. The molecule has 1 fully saturated rings. The molecule has 1 heterocycles. The Labute approximate surface area is 275 Å². The molecule has 0 bridgehead atoms. The van der Waals surface area contributed by atoms with E-state index >= 15 is 0 Å². The molecule has 226 valence electrons. The monoisotopic (exact) mass is 702 g/mol. The molecule has 2 atom stereocenters. The van der Waals surface area contributed by atoms with Crippen LogP contribution in [0.3, 0.4) is 0 Å². The molecule has 7 rings (SSSR count). The van der Waals surface area contributed by atoms with E-state index in [2.05, 4.69) is 109 Å². The number of piperazine rings is 1. The molecule has 1 N–H and O–H groups in total. The lowest BCUT2D eigenvalue weighted by atomic mass is 9.92. The number of aliphatic hydroxyl groups excluding tert-OH is 1. The van der Waals surface area contributed by atoms with Crippen LogP contribution < -0.4 is 0 Å².